The summed E-state index contributed by atoms with van der Waals surface area (Å²) >= 11 is 0. The summed E-state index contributed by atoms with van der Waals surface area (Å²) in [6.07, 6.45) is 4.89. The van der Waals surface area contributed by atoms with Gasteiger partial charge in [-0.15, -0.1) is 0 Å². The SMILES string of the molecule is CCC.NC=O.OC1CCC1. The van der Waals surface area contributed by atoms with Crippen LogP contribution in [0.15, 0.2) is 0 Å². The summed E-state index contributed by atoms with van der Waals surface area (Å²) in [5, 5.41) is 8.45. The third kappa shape index (κ3) is 17.7. The van der Waals surface area contributed by atoms with E-state index < -0.39 is 0 Å². The van der Waals surface area contributed by atoms with E-state index in [1.807, 2.05) is 0 Å². The van der Waals surface area contributed by atoms with E-state index in [0.717, 1.165) is 12.8 Å². The first-order chi connectivity index (χ1) is 5.22. The number of primary amides is 1. The molecule has 0 saturated heterocycles. The summed E-state index contributed by atoms with van der Waals surface area (Å²) in [6.45, 7) is 4.25. The van der Waals surface area contributed by atoms with Crippen LogP contribution in [-0.4, -0.2) is 17.6 Å². The Labute approximate surface area is 68.6 Å². The Bertz CT molecular complexity index is 72.5. The molecule has 0 aliphatic heterocycles. The van der Waals surface area contributed by atoms with Gasteiger partial charge in [0.05, 0.1) is 6.10 Å². The molecule has 0 bridgehead atoms. The predicted octanol–water partition coefficient (Wildman–Crippen LogP) is 1.05. The lowest BCUT2D eigenvalue weighted by Crippen LogP contribution is -2.15. The Morgan fingerprint density at radius 3 is 1.73 bits per heavy atom. The molecule has 0 unspecified atom stereocenters. The molecule has 0 aromatic carbocycles. The molecule has 0 heterocycles. The fourth-order valence-corrected chi connectivity index (χ4v) is 0.387. The molecule has 1 fully saturated rings. The van der Waals surface area contributed by atoms with Gasteiger partial charge >= 0.3 is 0 Å². The molecule has 0 aromatic rings. The van der Waals surface area contributed by atoms with E-state index >= 15 is 0 Å². The Hall–Kier alpha value is -0.570. The van der Waals surface area contributed by atoms with E-state index in [1.165, 1.54) is 12.8 Å². The van der Waals surface area contributed by atoms with Gasteiger partial charge in [-0.05, 0) is 19.3 Å². The first kappa shape index (κ1) is 13.1. The zero-order valence-corrected chi connectivity index (χ0v) is 7.42. The van der Waals surface area contributed by atoms with Gasteiger partial charge < -0.3 is 10.8 Å². The molecule has 0 aromatic heterocycles. The lowest BCUT2D eigenvalue weighted by Gasteiger charge is -2.17. The van der Waals surface area contributed by atoms with Gasteiger partial charge in [0.2, 0.25) is 6.41 Å². The first-order valence-electron chi connectivity index (χ1n) is 4.06. The van der Waals surface area contributed by atoms with Gasteiger partial charge in [0.25, 0.3) is 0 Å². The molecule has 0 atom stereocenters. The highest BCUT2D eigenvalue weighted by molar-refractivity contribution is 5.42. The summed E-state index contributed by atoms with van der Waals surface area (Å²) in [4.78, 5) is 8.58. The van der Waals surface area contributed by atoms with Crippen molar-refractivity contribution < 1.29 is 9.90 Å². The molecule has 3 N–H and O–H groups in total. The second-order valence-electron chi connectivity index (χ2n) is 2.43. The monoisotopic (exact) mass is 161 g/mol. The number of carbonyl (C=O) groups excluding carboxylic acids is 1. The summed E-state index contributed by atoms with van der Waals surface area (Å²) in [5.74, 6) is 0. The second kappa shape index (κ2) is 12.1. The van der Waals surface area contributed by atoms with Crippen molar-refractivity contribution in [3.05, 3.63) is 0 Å². The maximum absolute atomic E-state index is 8.58. The number of carbonyl (C=O) groups is 1. The maximum Gasteiger partial charge on any atom is 0.204 e. The van der Waals surface area contributed by atoms with Gasteiger partial charge in [0, 0.05) is 0 Å². The number of aliphatic hydroxyl groups excluding tert-OH is 1. The topological polar surface area (TPSA) is 63.3 Å². The third-order valence-corrected chi connectivity index (χ3v) is 1.07. The summed E-state index contributed by atoms with van der Waals surface area (Å²) in [7, 11) is 0. The molecule has 1 rings (SSSR count). The van der Waals surface area contributed by atoms with Gasteiger partial charge in [0.1, 0.15) is 0 Å². The van der Waals surface area contributed by atoms with Gasteiger partial charge in [-0.1, -0.05) is 20.3 Å². The second-order valence-corrected chi connectivity index (χ2v) is 2.43. The van der Waals surface area contributed by atoms with Gasteiger partial charge in [-0.2, -0.15) is 0 Å². The first-order valence-corrected chi connectivity index (χ1v) is 4.06. The molecule has 1 aliphatic carbocycles. The quantitative estimate of drug-likeness (QED) is 0.521. The largest absolute Gasteiger partial charge is 0.393 e. The van der Waals surface area contributed by atoms with Crippen molar-refractivity contribution in [3.63, 3.8) is 0 Å². The Morgan fingerprint density at radius 2 is 1.73 bits per heavy atom. The van der Waals surface area contributed by atoms with Crippen LogP contribution in [0.1, 0.15) is 39.5 Å². The Morgan fingerprint density at radius 1 is 1.55 bits per heavy atom. The van der Waals surface area contributed by atoms with Crippen molar-refractivity contribution in [3.8, 4) is 0 Å². The number of rotatable bonds is 0. The highest BCUT2D eigenvalue weighted by atomic mass is 16.3. The summed E-state index contributed by atoms with van der Waals surface area (Å²) in [5.41, 5.74) is 4.17. The van der Waals surface area contributed by atoms with Crippen LogP contribution in [0.5, 0.6) is 0 Å². The Kier molecular flexibility index (Phi) is 14.4. The molecular weight excluding hydrogens is 142 g/mol. The molecule has 1 saturated carbocycles. The van der Waals surface area contributed by atoms with Crippen LogP contribution in [0.4, 0.5) is 0 Å². The van der Waals surface area contributed by atoms with Gasteiger partial charge in [-0.25, -0.2) is 0 Å². The normalized spacial score (nSPS) is 14.5. The molecule has 0 spiro atoms. The van der Waals surface area contributed by atoms with Gasteiger partial charge in [0.15, 0.2) is 0 Å². The van der Waals surface area contributed by atoms with Crippen LogP contribution < -0.4 is 5.73 Å². The van der Waals surface area contributed by atoms with E-state index in [4.69, 9.17) is 9.90 Å². The number of hydrogen-bond acceptors (Lipinski definition) is 2. The maximum atomic E-state index is 8.58. The minimum Gasteiger partial charge on any atom is -0.393 e. The van der Waals surface area contributed by atoms with Crippen LogP contribution in [-0.2, 0) is 4.79 Å². The fraction of sp³-hybridized carbons (Fsp3) is 0.875. The fourth-order valence-electron chi connectivity index (χ4n) is 0.387. The average Bonchev–Trinajstić information content (AvgIpc) is 1.87. The van der Waals surface area contributed by atoms with Crippen molar-refractivity contribution in [2.45, 2.75) is 45.6 Å². The lowest BCUT2D eigenvalue weighted by molar-refractivity contribution is -0.106. The highest BCUT2D eigenvalue weighted by Gasteiger charge is 2.11. The van der Waals surface area contributed by atoms with Crippen molar-refractivity contribution in [1.82, 2.24) is 0 Å². The van der Waals surface area contributed by atoms with Gasteiger partial charge in [-0.3, -0.25) is 4.79 Å². The smallest absolute Gasteiger partial charge is 0.204 e. The van der Waals surface area contributed by atoms with Crippen LogP contribution >= 0.6 is 0 Å². The van der Waals surface area contributed by atoms with Crippen LogP contribution in [0.25, 0.3) is 0 Å². The van der Waals surface area contributed by atoms with E-state index in [-0.39, 0.29) is 12.5 Å². The Balaban J connectivity index is 0. The van der Waals surface area contributed by atoms with E-state index in [2.05, 4.69) is 19.6 Å². The van der Waals surface area contributed by atoms with Crippen molar-refractivity contribution in [2.24, 2.45) is 5.73 Å². The molecule has 1 amide bonds. The molecule has 0 radical (unpaired) electrons. The van der Waals surface area contributed by atoms with E-state index in [1.54, 1.807) is 0 Å². The van der Waals surface area contributed by atoms with Crippen LogP contribution in [0.3, 0.4) is 0 Å². The van der Waals surface area contributed by atoms with Crippen LogP contribution in [0, 0.1) is 0 Å². The zero-order chi connectivity index (χ0) is 9.11. The number of nitrogens with two attached hydrogens (primary N) is 1. The number of aliphatic hydroxyl groups is 1. The molecule has 3 nitrogen and oxygen atoms in total. The van der Waals surface area contributed by atoms with Crippen molar-refractivity contribution in [2.75, 3.05) is 0 Å². The minimum absolute atomic E-state index is 0.0648. The molecule has 11 heavy (non-hydrogen) atoms. The number of hydrogen-bond donors (Lipinski definition) is 2. The number of amides is 1. The standard InChI is InChI=1S/C4H8O.C3H8.CH3NO/c5-4-2-1-3-4;1-3-2;2-1-3/h4-5H,1-3H2;3H2,1-2H3;1H,(H2,2,3). The van der Waals surface area contributed by atoms with Crippen molar-refractivity contribution >= 4 is 6.41 Å². The lowest BCUT2D eigenvalue weighted by atomic mass is 9.97. The van der Waals surface area contributed by atoms with E-state index in [0.29, 0.717) is 0 Å². The van der Waals surface area contributed by atoms with E-state index in [9.17, 15) is 0 Å². The summed E-state index contributed by atoms with van der Waals surface area (Å²) in [6, 6.07) is 0. The highest BCUT2D eigenvalue weighted by Crippen LogP contribution is 2.16. The predicted molar refractivity (Wildman–Crippen MR) is 46.1 cm³/mol. The van der Waals surface area contributed by atoms with Crippen molar-refractivity contribution in [1.29, 1.82) is 0 Å². The summed E-state index contributed by atoms with van der Waals surface area (Å²) < 4.78 is 0. The third-order valence-electron chi connectivity index (χ3n) is 1.07. The minimum atomic E-state index is 0.0648. The zero-order valence-electron chi connectivity index (χ0n) is 7.42. The average molecular weight is 161 g/mol. The molecular formula is C8H19NO2. The van der Waals surface area contributed by atoms with Crippen LogP contribution in [0.2, 0.25) is 0 Å². The molecule has 68 valence electrons. The molecule has 3 heteroatoms. The molecule has 1 aliphatic rings.